The van der Waals surface area contributed by atoms with Crippen molar-refractivity contribution in [1.82, 2.24) is 3.94 Å². The second kappa shape index (κ2) is 7.53. The fourth-order valence-corrected chi connectivity index (χ4v) is 2.19. The first-order chi connectivity index (χ1) is 8.42. The number of hydrogen-bond donors (Lipinski definition) is 1. The van der Waals surface area contributed by atoms with Gasteiger partial charge >= 0.3 is 5.97 Å². The molecule has 1 heterocycles. The quantitative estimate of drug-likeness (QED) is 0.594. The van der Waals surface area contributed by atoms with Crippen LogP contribution in [0, 0.1) is 0 Å². The SMILES string of the molecule is CC(C)(CC(=O)OCC[NH+]1CCCCC1)N(Cl)Cl. The molecule has 0 saturated carbocycles. The van der Waals surface area contributed by atoms with Crippen molar-refractivity contribution in [2.24, 2.45) is 0 Å². The number of esters is 1. The summed E-state index contributed by atoms with van der Waals surface area (Å²) in [5.41, 5.74) is -0.599. The van der Waals surface area contributed by atoms with Gasteiger partial charge in [-0.15, -0.1) is 3.94 Å². The lowest BCUT2D eigenvalue weighted by Crippen LogP contribution is -3.13. The zero-order chi connectivity index (χ0) is 13.6. The molecule has 0 unspecified atom stereocenters. The Morgan fingerprint density at radius 2 is 1.89 bits per heavy atom. The van der Waals surface area contributed by atoms with Crippen molar-refractivity contribution < 1.29 is 14.4 Å². The number of piperidine rings is 1. The van der Waals surface area contributed by atoms with Crippen LogP contribution < -0.4 is 4.90 Å². The minimum Gasteiger partial charge on any atom is -0.460 e. The van der Waals surface area contributed by atoms with E-state index in [9.17, 15) is 4.79 Å². The number of carbonyl (C=O) groups is 1. The first-order valence-corrected chi connectivity index (χ1v) is 7.20. The molecule has 0 bridgehead atoms. The molecule has 4 nitrogen and oxygen atoms in total. The van der Waals surface area contributed by atoms with Crippen molar-refractivity contribution in [2.75, 3.05) is 26.2 Å². The molecule has 0 aromatic rings. The largest absolute Gasteiger partial charge is 0.460 e. The highest BCUT2D eigenvalue weighted by molar-refractivity contribution is 6.34. The van der Waals surface area contributed by atoms with Gasteiger partial charge in [0, 0.05) is 0 Å². The van der Waals surface area contributed by atoms with E-state index in [1.54, 1.807) is 13.8 Å². The van der Waals surface area contributed by atoms with Gasteiger partial charge in [-0.2, -0.15) is 0 Å². The Morgan fingerprint density at radius 3 is 2.44 bits per heavy atom. The van der Waals surface area contributed by atoms with E-state index in [4.69, 9.17) is 28.3 Å². The van der Waals surface area contributed by atoms with Crippen LogP contribution in [0.15, 0.2) is 0 Å². The molecular formula is C12H23Cl2N2O2+. The average molecular weight is 298 g/mol. The van der Waals surface area contributed by atoms with Crippen LogP contribution in [0.2, 0.25) is 0 Å². The summed E-state index contributed by atoms with van der Waals surface area (Å²) in [6.07, 6.45) is 4.08. The van der Waals surface area contributed by atoms with Gasteiger partial charge in [0.2, 0.25) is 0 Å². The third-order valence-electron chi connectivity index (χ3n) is 3.31. The topological polar surface area (TPSA) is 34.0 Å². The molecule has 0 aromatic carbocycles. The lowest BCUT2D eigenvalue weighted by atomic mass is 10.0. The van der Waals surface area contributed by atoms with Gasteiger partial charge < -0.3 is 9.64 Å². The third-order valence-corrected chi connectivity index (χ3v) is 4.23. The fraction of sp³-hybridized carbons (Fsp3) is 0.917. The van der Waals surface area contributed by atoms with Gasteiger partial charge in [-0.3, -0.25) is 4.79 Å². The highest BCUT2D eigenvalue weighted by atomic mass is 35.5. The normalized spacial score (nSPS) is 18.1. The number of hydrogen-bond acceptors (Lipinski definition) is 3. The van der Waals surface area contributed by atoms with Crippen molar-refractivity contribution in [3.63, 3.8) is 0 Å². The molecule has 106 valence electrons. The maximum absolute atomic E-state index is 11.6. The molecular weight excluding hydrogens is 275 g/mol. The number of halogens is 2. The molecule has 1 fully saturated rings. The number of likely N-dealkylation sites (tertiary alicyclic amines) is 1. The van der Waals surface area contributed by atoms with E-state index in [1.807, 2.05) is 0 Å². The van der Waals surface area contributed by atoms with Crippen LogP contribution in [0.25, 0.3) is 0 Å². The lowest BCUT2D eigenvalue weighted by Gasteiger charge is -2.26. The van der Waals surface area contributed by atoms with E-state index in [-0.39, 0.29) is 12.4 Å². The molecule has 0 radical (unpaired) electrons. The second-order valence-corrected chi connectivity index (χ2v) is 6.35. The van der Waals surface area contributed by atoms with Crippen LogP contribution in [0.1, 0.15) is 39.5 Å². The molecule has 1 aliphatic heterocycles. The van der Waals surface area contributed by atoms with E-state index in [0.29, 0.717) is 6.61 Å². The Balaban J connectivity index is 2.16. The van der Waals surface area contributed by atoms with E-state index >= 15 is 0 Å². The molecule has 0 spiro atoms. The Bertz CT molecular complexity index is 267. The summed E-state index contributed by atoms with van der Waals surface area (Å²) in [7, 11) is 0. The third kappa shape index (κ3) is 5.74. The van der Waals surface area contributed by atoms with Crippen LogP contribution >= 0.6 is 23.6 Å². The molecule has 18 heavy (non-hydrogen) atoms. The first-order valence-electron chi connectivity index (χ1n) is 6.53. The minimum absolute atomic E-state index is 0.190. The summed E-state index contributed by atoms with van der Waals surface area (Å²) < 4.78 is 6.23. The Morgan fingerprint density at radius 1 is 1.28 bits per heavy atom. The molecule has 1 saturated heterocycles. The monoisotopic (exact) mass is 297 g/mol. The van der Waals surface area contributed by atoms with E-state index in [1.165, 1.54) is 37.3 Å². The van der Waals surface area contributed by atoms with Gasteiger partial charge in [0.15, 0.2) is 0 Å². The fourth-order valence-electron chi connectivity index (χ4n) is 2.07. The second-order valence-electron chi connectivity index (χ2n) is 5.50. The highest BCUT2D eigenvalue weighted by Gasteiger charge is 2.28. The smallest absolute Gasteiger partial charge is 0.307 e. The maximum Gasteiger partial charge on any atom is 0.307 e. The van der Waals surface area contributed by atoms with Gasteiger partial charge in [-0.1, -0.05) is 0 Å². The van der Waals surface area contributed by atoms with E-state index < -0.39 is 5.54 Å². The number of rotatable bonds is 6. The average Bonchev–Trinajstić information content (AvgIpc) is 2.29. The molecule has 0 aliphatic carbocycles. The predicted octanol–water partition coefficient (Wildman–Crippen LogP) is 1.38. The van der Waals surface area contributed by atoms with Crippen molar-refractivity contribution in [2.45, 2.75) is 45.1 Å². The van der Waals surface area contributed by atoms with Crippen LogP contribution in [0.4, 0.5) is 0 Å². The van der Waals surface area contributed by atoms with Gasteiger partial charge in [-0.05, 0) is 56.7 Å². The summed E-state index contributed by atoms with van der Waals surface area (Å²) in [6.45, 7) is 7.36. The molecule has 6 heteroatoms. The first kappa shape index (κ1) is 16.0. The molecule has 1 aliphatic rings. The van der Waals surface area contributed by atoms with Crippen LogP contribution in [0.3, 0.4) is 0 Å². The van der Waals surface area contributed by atoms with Crippen molar-refractivity contribution in [3.05, 3.63) is 0 Å². The summed E-state index contributed by atoms with van der Waals surface area (Å²) >= 11 is 11.3. The summed E-state index contributed by atoms with van der Waals surface area (Å²) in [5, 5.41) is 0. The van der Waals surface area contributed by atoms with Gasteiger partial charge in [0.1, 0.15) is 13.2 Å². The standard InChI is InChI=1S/C12H22Cl2N2O2/c1-12(2,16(13)14)10-11(17)18-9-8-15-6-4-3-5-7-15/h3-10H2,1-2H3/p+1. The molecule has 0 amide bonds. The molecule has 0 aromatic heterocycles. The van der Waals surface area contributed by atoms with Gasteiger partial charge in [-0.25, -0.2) is 0 Å². The Kier molecular flexibility index (Phi) is 6.71. The highest BCUT2D eigenvalue weighted by Crippen LogP contribution is 2.23. The summed E-state index contributed by atoms with van der Waals surface area (Å²) in [6, 6.07) is 0. The van der Waals surface area contributed by atoms with Crippen LogP contribution in [0.5, 0.6) is 0 Å². The van der Waals surface area contributed by atoms with Crippen LogP contribution in [-0.4, -0.2) is 41.7 Å². The number of ether oxygens (including phenoxy) is 1. The minimum atomic E-state index is -0.599. The maximum atomic E-state index is 11.6. The van der Waals surface area contributed by atoms with Crippen LogP contribution in [-0.2, 0) is 9.53 Å². The molecule has 1 rings (SSSR count). The van der Waals surface area contributed by atoms with Crippen molar-refractivity contribution in [1.29, 1.82) is 0 Å². The van der Waals surface area contributed by atoms with E-state index in [2.05, 4.69) is 0 Å². The lowest BCUT2D eigenvalue weighted by molar-refractivity contribution is -0.905. The predicted molar refractivity (Wildman–Crippen MR) is 72.6 cm³/mol. The van der Waals surface area contributed by atoms with Gasteiger partial charge in [0.05, 0.1) is 25.0 Å². The Hall–Kier alpha value is -0.0300. The number of nitrogens with one attached hydrogen (secondary N) is 1. The Labute approximate surface area is 119 Å². The molecule has 0 atom stereocenters. The number of quaternary nitrogens is 1. The number of carbonyl (C=O) groups excluding carboxylic acids is 1. The van der Waals surface area contributed by atoms with Crippen molar-refractivity contribution in [3.8, 4) is 0 Å². The van der Waals surface area contributed by atoms with Crippen molar-refractivity contribution >= 4 is 29.5 Å². The summed E-state index contributed by atoms with van der Waals surface area (Å²) in [4.78, 5) is 13.2. The zero-order valence-electron chi connectivity index (χ0n) is 11.2. The molecule has 1 N–H and O–H groups in total. The zero-order valence-corrected chi connectivity index (χ0v) is 12.7. The number of nitrogens with zero attached hydrogens (tertiary/aromatic N) is 1. The van der Waals surface area contributed by atoms with E-state index in [0.717, 1.165) is 10.5 Å². The summed E-state index contributed by atoms with van der Waals surface area (Å²) in [5.74, 6) is -0.247. The van der Waals surface area contributed by atoms with Gasteiger partial charge in [0.25, 0.3) is 0 Å².